The molecular weight excluding hydrogens is 430 g/mol. The number of rotatable bonds is 3. The number of hydrogen-bond acceptors (Lipinski definition) is 5. The summed E-state index contributed by atoms with van der Waals surface area (Å²) >= 11 is 7.87. The van der Waals surface area contributed by atoms with Crippen LogP contribution in [0.4, 0.5) is 0 Å². The molecule has 0 spiro atoms. The topological polar surface area (TPSA) is 65.6 Å². The molecule has 0 amide bonds. The quantitative estimate of drug-likeness (QED) is 0.384. The van der Waals surface area contributed by atoms with E-state index in [1.165, 1.54) is 0 Å². The number of nitrogens with zero attached hydrogens (tertiary/aromatic N) is 5. The molecule has 0 aliphatic rings. The molecule has 4 heterocycles. The zero-order valence-corrected chi connectivity index (χ0v) is 17.6. The van der Waals surface area contributed by atoms with Crippen molar-refractivity contribution in [3.8, 4) is 5.69 Å². The van der Waals surface area contributed by atoms with E-state index >= 15 is 0 Å². The van der Waals surface area contributed by atoms with E-state index in [2.05, 4.69) is 4.98 Å². The van der Waals surface area contributed by atoms with E-state index in [0.29, 0.717) is 33.8 Å². The van der Waals surface area contributed by atoms with Crippen molar-refractivity contribution >= 4 is 56.2 Å². The predicted octanol–water partition coefficient (Wildman–Crippen LogP) is 5.05. The highest BCUT2D eigenvalue weighted by Gasteiger charge is 2.21. The molecule has 0 unspecified atom stereocenters. The summed E-state index contributed by atoms with van der Waals surface area (Å²) in [5, 5.41) is 3.04. The molecule has 0 fully saturated rings. The first-order valence-corrected chi connectivity index (χ1v) is 10.9. The van der Waals surface area contributed by atoms with E-state index in [0.717, 1.165) is 21.6 Å². The van der Waals surface area contributed by atoms with Crippen molar-refractivity contribution in [2.24, 2.45) is 0 Å². The Labute approximate surface area is 185 Å². The van der Waals surface area contributed by atoms with E-state index in [-0.39, 0.29) is 5.56 Å². The Morgan fingerprint density at radius 2 is 1.77 bits per heavy atom. The normalized spacial score (nSPS) is 11.6. The van der Waals surface area contributed by atoms with Gasteiger partial charge in [0.1, 0.15) is 17.2 Å². The third-order valence-corrected chi connectivity index (χ3v) is 6.30. The summed E-state index contributed by atoms with van der Waals surface area (Å²) in [5.41, 5.74) is 3.74. The summed E-state index contributed by atoms with van der Waals surface area (Å²) < 4.78 is 3.47. The molecular formula is C23H14ClN5OS. The molecule has 150 valence electrons. The summed E-state index contributed by atoms with van der Waals surface area (Å²) in [7, 11) is 0. The van der Waals surface area contributed by atoms with Crippen LogP contribution in [0.5, 0.6) is 0 Å². The first kappa shape index (κ1) is 18.2. The van der Waals surface area contributed by atoms with Gasteiger partial charge in [0.15, 0.2) is 11.3 Å². The van der Waals surface area contributed by atoms with Crippen molar-refractivity contribution in [2.75, 3.05) is 0 Å². The summed E-state index contributed by atoms with van der Waals surface area (Å²) in [6.45, 7) is 0.463. The maximum absolute atomic E-state index is 13.5. The minimum Gasteiger partial charge on any atom is -0.293 e. The third kappa shape index (κ3) is 2.93. The van der Waals surface area contributed by atoms with Crippen LogP contribution in [0.3, 0.4) is 0 Å². The standard InChI is InChI=1S/C23H14ClN5OS/c24-14-5-3-6-15(11-14)29-21-19(20-22(29)27-18-9-2-1-8-17(18)26-20)23(30)28(13-25-21)12-16-7-4-10-31-16/h1-11,13H,12H2. The second kappa shape index (κ2) is 7.01. The molecule has 0 bridgehead atoms. The van der Waals surface area contributed by atoms with E-state index in [1.807, 2.05) is 64.5 Å². The SMILES string of the molecule is O=c1c2c3nc4ccccc4nc3n(-c3cccc(Cl)c3)c2ncn1Cc1cccs1. The third-order valence-electron chi connectivity index (χ3n) is 5.20. The number of benzene rings is 2. The molecule has 6 aromatic rings. The molecule has 4 aromatic heterocycles. The zero-order valence-electron chi connectivity index (χ0n) is 16.1. The Kier molecular flexibility index (Phi) is 4.12. The van der Waals surface area contributed by atoms with Gasteiger partial charge in [-0.05, 0) is 41.8 Å². The lowest BCUT2D eigenvalue weighted by molar-refractivity contribution is 0.756. The molecule has 6 rings (SSSR count). The van der Waals surface area contributed by atoms with Gasteiger partial charge in [-0.1, -0.05) is 35.9 Å². The second-order valence-electron chi connectivity index (χ2n) is 7.16. The van der Waals surface area contributed by atoms with Gasteiger partial charge in [0.05, 0.1) is 23.3 Å². The van der Waals surface area contributed by atoms with Crippen LogP contribution >= 0.6 is 22.9 Å². The monoisotopic (exact) mass is 443 g/mol. The molecule has 0 atom stereocenters. The van der Waals surface area contributed by atoms with E-state index in [4.69, 9.17) is 21.6 Å². The number of para-hydroxylation sites is 2. The van der Waals surface area contributed by atoms with Crippen LogP contribution < -0.4 is 5.56 Å². The molecule has 0 aliphatic heterocycles. The minimum atomic E-state index is -0.145. The fraction of sp³-hybridized carbons (Fsp3) is 0.0435. The molecule has 8 heteroatoms. The Morgan fingerprint density at radius 1 is 0.935 bits per heavy atom. The Bertz CT molecular complexity index is 1650. The summed E-state index contributed by atoms with van der Waals surface area (Å²) in [5.74, 6) is 0. The lowest BCUT2D eigenvalue weighted by atomic mass is 10.3. The molecule has 31 heavy (non-hydrogen) atoms. The number of fused-ring (bicyclic) bond motifs is 4. The maximum atomic E-state index is 13.5. The molecule has 0 aliphatic carbocycles. The number of hydrogen-bond donors (Lipinski definition) is 0. The Balaban J connectivity index is 1.74. The van der Waals surface area contributed by atoms with E-state index in [9.17, 15) is 4.79 Å². The number of thiophene rings is 1. The number of halogens is 1. The highest BCUT2D eigenvalue weighted by molar-refractivity contribution is 7.09. The Hall–Kier alpha value is -3.55. The van der Waals surface area contributed by atoms with Gasteiger partial charge in [0, 0.05) is 9.90 Å². The van der Waals surface area contributed by atoms with Gasteiger partial charge in [-0.15, -0.1) is 11.3 Å². The van der Waals surface area contributed by atoms with Gasteiger partial charge in [-0.25, -0.2) is 15.0 Å². The van der Waals surface area contributed by atoms with Crippen LogP contribution in [-0.4, -0.2) is 24.1 Å². The van der Waals surface area contributed by atoms with Crippen LogP contribution in [-0.2, 0) is 6.54 Å². The van der Waals surface area contributed by atoms with Crippen LogP contribution in [0.1, 0.15) is 4.88 Å². The highest BCUT2D eigenvalue weighted by Crippen LogP contribution is 2.29. The second-order valence-corrected chi connectivity index (χ2v) is 8.62. The van der Waals surface area contributed by atoms with Crippen molar-refractivity contribution in [1.82, 2.24) is 24.1 Å². The van der Waals surface area contributed by atoms with Crippen molar-refractivity contribution in [3.05, 3.63) is 92.6 Å². The van der Waals surface area contributed by atoms with Crippen molar-refractivity contribution in [1.29, 1.82) is 0 Å². The fourth-order valence-corrected chi connectivity index (χ4v) is 4.70. The number of aromatic nitrogens is 5. The predicted molar refractivity (Wildman–Crippen MR) is 124 cm³/mol. The lowest BCUT2D eigenvalue weighted by Crippen LogP contribution is -2.21. The summed E-state index contributed by atoms with van der Waals surface area (Å²) in [4.78, 5) is 28.9. The van der Waals surface area contributed by atoms with Gasteiger partial charge >= 0.3 is 0 Å². The molecule has 0 saturated heterocycles. The zero-order chi connectivity index (χ0) is 20.9. The summed E-state index contributed by atoms with van der Waals surface area (Å²) in [6, 6.07) is 19.0. The van der Waals surface area contributed by atoms with Crippen LogP contribution in [0.2, 0.25) is 5.02 Å². The maximum Gasteiger partial charge on any atom is 0.265 e. The van der Waals surface area contributed by atoms with Crippen molar-refractivity contribution < 1.29 is 0 Å². The molecule has 0 N–H and O–H groups in total. The first-order valence-electron chi connectivity index (χ1n) is 9.64. The van der Waals surface area contributed by atoms with Gasteiger partial charge in [-0.2, -0.15) is 0 Å². The van der Waals surface area contributed by atoms with Gasteiger partial charge in [-0.3, -0.25) is 13.9 Å². The van der Waals surface area contributed by atoms with Gasteiger partial charge < -0.3 is 0 Å². The molecule has 6 nitrogen and oxygen atoms in total. The van der Waals surface area contributed by atoms with Gasteiger partial charge in [0.25, 0.3) is 5.56 Å². The average molecular weight is 444 g/mol. The summed E-state index contributed by atoms with van der Waals surface area (Å²) in [6.07, 6.45) is 1.59. The van der Waals surface area contributed by atoms with Crippen LogP contribution in [0.15, 0.2) is 77.2 Å². The first-order chi connectivity index (χ1) is 15.2. The van der Waals surface area contributed by atoms with E-state index in [1.54, 1.807) is 28.3 Å². The molecule has 2 aromatic carbocycles. The van der Waals surface area contributed by atoms with Crippen LogP contribution in [0, 0.1) is 0 Å². The van der Waals surface area contributed by atoms with Crippen molar-refractivity contribution in [2.45, 2.75) is 6.54 Å². The minimum absolute atomic E-state index is 0.145. The van der Waals surface area contributed by atoms with Gasteiger partial charge in [0.2, 0.25) is 0 Å². The highest BCUT2D eigenvalue weighted by atomic mass is 35.5. The van der Waals surface area contributed by atoms with E-state index < -0.39 is 0 Å². The van der Waals surface area contributed by atoms with Crippen LogP contribution in [0.25, 0.3) is 38.9 Å². The Morgan fingerprint density at radius 3 is 2.55 bits per heavy atom. The average Bonchev–Trinajstić information content (AvgIpc) is 3.40. The molecule has 0 radical (unpaired) electrons. The largest absolute Gasteiger partial charge is 0.293 e. The lowest BCUT2D eigenvalue weighted by Gasteiger charge is -2.07. The van der Waals surface area contributed by atoms with Crippen molar-refractivity contribution in [3.63, 3.8) is 0 Å². The smallest absolute Gasteiger partial charge is 0.265 e. The fourth-order valence-electron chi connectivity index (χ4n) is 3.81. The molecule has 0 saturated carbocycles.